The summed E-state index contributed by atoms with van der Waals surface area (Å²) in [5, 5.41) is 3.57. The van der Waals surface area contributed by atoms with E-state index in [1.54, 1.807) is 0 Å². The molecule has 0 aliphatic carbocycles. The molecule has 1 fully saturated rings. The number of rotatable bonds is 6. The van der Waals surface area contributed by atoms with Gasteiger partial charge < -0.3 is 10.1 Å². The van der Waals surface area contributed by atoms with E-state index in [9.17, 15) is 0 Å². The van der Waals surface area contributed by atoms with Crippen LogP contribution < -0.4 is 5.32 Å². The van der Waals surface area contributed by atoms with Crippen LogP contribution in [0.2, 0.25) is 0 Å². The van der Waals surface area contributed by atoms with Gasteiger partial charge in [0.25, 0.3) is 0 Å². The van der Waals surface area contributed by atoms with E-state index < -0.39 is 0 Å². The Kier molecular flexibility index (Phi) is 5.07. The van der Waals surface area contributed by atoms with Crippen LogP contribution in [0.3, 0.4) is 0 Å². The lowest BCUT2D eigenvalue weighted by atomic mass is 10.1. The van der Waals surface area contributed by atoms with E-state index in [0.29, 0.717) is 12.1 Å². The molecule has 1 aliphatic heterocycles. The van der Waals surface area contributed by atoms with Gasteiger partial charge in [0.1, 0.15) is 0 Å². The van der Waals surface area contributed by atoms with E-state index in [1.807, 2.05) is 0 Å². The van der Waals surface area contributed by atoms with Gasteiger partial charge in [-0.2, -0.15) is 0 Å². The van der Waals surface area contributed by atoms with E-state index in [0.717, 1.165) is 6.54 Å². The summed E-state index contributed by atoms with van der Waals surface area (Å²) in [6.07, 6.45) is 6.74. The number of hydrogen-bond acceptors (Lipinski definition) is 2. The van der Waals surface area contributed by atoms with Crippen LogP contribution in [0.15, 0.2) is 0 Å². The minimum atomic E-state index is 0.110. The van der Waals surface area contributed by atoms with Crippen LogP contribution in [0.5, 0.6) is 0 Å². The molecule has 2 heteroatoms. The van der Waals surface area contributed by atoms with Crippen LogP contribution >= 0.6 is 0 Å². The Morgan fingerprint density at radius 1 is 1.47 bits per heavy atom. The third kappa shape index (κ3) is 4.98. The van der Waals surface area contributed by atoms with Gasteiger partial charge in [-0.3, -0.25) is 0 Å². The topological polar surface area (TPSA) is 21.3 Å². The molecule has 15 heavy (non-hydrogen) atoms. The summed E-state index contributed by atoms with van der Waals surface area (Å²) in [5.41, 5.74) is 0.110. The monoisotopic (exact) mass is 213 g/mol. The highest BCUT2D eigenvalue weighted by molar-refractivity contribution is 4.82. The number of nitrogens with one attached hydrogen (secondary N) is 1. The molecule has 0 aromatic carbocycles. The van der Waals surface area contributed by atoms with Gasteiger partial charge in [-0.25, -0.2) is 0 Å². The lowest BCUT2D eigenvalue weighted by molar-refractivity contribution is -0.0150. The van der Waals surface area contributed by atoms with Crippen LogP contribution in [0.1, 0.15) is 59.8 Å². The van der Waals surface area contributed by atoms with Gasteiger partial charge in [-0.05, 0) is 40.0 Å². The molecule has 0 radical (unpaired) electrons. The first-order valence-electron chi connectivity index (χ1n) is 6.44. The molecule has 90 valence electrons. The molecular weight excluding hydrogens is 186 g/mol. The Morgan fingerprint density at radius 2 is 2.20 bits per heavy atom. The predicted molar refractivity (Wildman–Crippen MR) is 65.2 cm³/mol. The highest BCUT2D eigenvalue weighted by Gasteiger charge is 2.31. The Labute approximate surface area is 94.8 Å². The van der Waals surface area contributed by atoms with Gasteiger partial charge in [0.2, 0.25) is 0 Å². The maximum Gasteiger partial charge on any atom is 0.0707 e. The lowest BCUT2D eigenvalue weighted by Crippen LogP contribution is -2.34. The third-order valence-corrected chi connectivity index (χ3v) is 3.24. The van der Waals surface area contributed by atoms with Gasteiger partial charge in [-0.1, -0.05) is 19.8 Å². The molecule has 2 unspecified atom stereocenters. The largest absolute Gasteiger partial charge is 0.371 e. The van der Waals surface area contributed by atoms with Crippen molar-refractivity contribution in [3.05, 3.63) is 0 Å². The zero-order valence-corrected chi connectivity index (χ0v) is 10.8. The fourth-order valence-electron chi connectivity index (χ4n) is 2.17. The van der Waals surface area contributed by atoms with Crippen molar-refractivity contribution in [3.63, 3.8) is 0 Å². The van der Waals surface area contributed by atoms with Gasteiger partial charge >= 0.3 is 0 Å². The predicted octanol–water partition coefficient (Wildman–Crippen LogP) is 3.11. The zero-order valence-electron chi connectivity index (χ0n) is 10.8. The Morgan fingerprint density at radius 3 is 2.73 bits per heavy atom. The van der Waals surface area contributed by atoms with E-state index in [-0.39, 0.29) is 5.60 Å². The first kappa shape index (κ1) is 13.0. The summed E-state index contributed by atoms with van der Waals surface area (Å²) in [4.78, 5) is 0. The fourth-order valence-corrected chi connectivity index (χ4v) is 2.17. The molecule has 2 atom stereocenters. The van der Waals surface area contributed by atoms with Crippen LogP contribution in [0, 0.1) is 0 Å². The molecule has 0 aromatic heterocycles. The van der Waals surface area contributed by atoms with Crippen molar-refractivity contribution in [2.45, 2.75) is 77.5 Å². The van der Waals surface area contributed by atoms with Crippen LogP contribution in [-0.2, 0) is 4.74 Å². The molecule has 1 N–H and O–H groups in total. The number of unbranched alkanes of at least 4 members (excludes halogenated alkanes) is 1. The molecule has 1 aliphatic rings. The quantitative estimate of drug-likeness (QED) is 0.732. The molecule has 0 aromatic rings. The first-order chi connectivity index (χ1) is 7.03. The summed E-state index contributed by atoms with van der Waals surface area (Å²) in [6.45, 7) is 9.92. The Hall–Kier alpha value is -0.0800. The molecule has 0 saturated carbocycles. The highest BCUT2D eigenvalue weighted by atomic mass is 16.5. The minimum absolute atomic E-state index is 0.110. The summed E-state index contributed by atoms with van der Waals surface area (Å²) in [5.74, 6) is 0. The third-order valence-electron chi connectivity index (χ3n) is 3.24. The summed E-state index contributed by atoms with van der Waals surface area (Å²) >= 11 is 0. The second-order valence-electron chi connectivity index (χ2n) is 5.49. The van der Waals surface area contributed by atoms with Crippen molar-refractivity contribution in [3.8, 4) is 0 Å². The van der Waals surface area contributed by atoms with E-state index in [2.05, 4.69) is 33.0 Å². The van der Waals surface area contributed by atoms with Crippen molar-refractivity contribution in [2.24, 2.45) is 0 Å². The zero-order chi connectivity index (χ0) is 11.3. The van der Waals surface area contributed by atoms with Crippen LogP contribution in [0.25, 0.3) is 0 Å². The fraction of sp³-hybridized carbons (Fsp3) is 1.00. The highest BCUT2D eigenvalue weighted by Crippen LogP contribution is 2.28. The first-order valence-corrected chi connectivity index (χ1v) is 6.44. The second kappa shape index (κ2) is 5.86. The normalized spacial score (nSPS) is 26.8. The van der Waals surface area contributed by atoms with Gasteiger partial charge in [0.15, 0.2) is 0 Å². The molecule has 0 spiro atoms. The maximum atomic E-state index is 5.94. The van der Waals surface area contributed by atoms with Gasteiger partial charge in [0, 0.05) is 12.6 Å². The van der Waals surface area contributed by atoms with Crippen molar-refractivity contribution >= 4 is 0 Å². The Bertz CT molecular complexity index is 179. The second-order valence-corrected chi connectivity index (χ2v) is 5.49. The number of hydrogen-bond donors (Lipinski definition) is 1. The van der Waals surface area contributed by atoms with Gasteiger partial charge in [-0.15, -0.1) is 0 Å². The Balaban J connectivity index is 2.10. The molecule has 2 nitrogen and oxygen atoms in total. The average molecular weight is 213 g/mol. The van der Waals surface area contributed by atoms with E-state index in [4.69, 9.17) is 4.74 Å². The van der Waals surface area contributed by atoms with Crippen molar-refractivity contribution < 1.29 is 4.74 Å². The van der Waals surface area contributed by atoms with Crippen molar-refractivity contribution in [1.82, 2.24) is 5.32 Å². The average Bonchev–Trinajstić information content (AvgIpc) is 2.52. The SMILES string of the molecule is CCCCC(C)NCC1CCC(C)(C)O1. The van der Waals surface area contributed by atoms with E-state index in [1.165, 1.54) is 32.1 Å². The number of ether oxygens (including phenoxy) is 1. The molecule has 1 rings (SSSR count). The smallest absolute Gasteiger partial charge is 0.0707 e. The molecule has 0 amide bonds. The molecule has 1 heterocycles. The van der Waals surface area contributed by atoms with Crippen LogP contribution in [0.4, 0.5) is 0 Å². The summed E-state index contributed by atoms with van der Waals surface area (Å²) in [7, 11) is 0. The molecular formula is C13H27NO. The minimum Gasteiger partial charge on any atom is -0.371 e. The lowest BCUT2D eigenvalue weighted by Gasteiger charge is -2.21. The van der Waals surface area contributed by atoms with E-state index >= 15 is 0 Å². The summed E-state index contributed by atoms with van der Waals surface area (Å²) < 4.78 is 5.94. The van der Waals surface area contributed by atoms with Crippen molar-refractivity contribution in [1.29, 1.82) is 0 Å². The molecule has 1 saturated heterocycles. The van der Waals surface area contributed by atoms with Crippen molar-refractivity contribution in [2.75, 3.05) is 6.54 Å². The van der Waals surface area contributed by atoms with Gasteiger partial charge in [0.05, 0.1) is 11.7 Å². The summed E-state index contributed by atoms with van der Waals surface area (Å²) in [6, 6.07) is 0.636. The van der Waals surface area contributed by atoms with Crippen LogP contribution in [-0.4, -0.2) is 24.3 Å². The standard InChI is InChI=1S/C13H27NO/c1-5-6-7-11(2)14-10-12-8-9-13(3,4)15-12/h11-12,14H,5-10H2,1-4H3. The maximum absolute atomic E-state index is 5.94. The molecule has 0 bridgehead atoms.